The Hall–Kier alpha value is -1.85. The van der Waals surface area contributed by atoms with Crippen molar-refractivity contribution in [1.29, 1.82) is 0 Å². The summed E-state index contributed by atoms with van der Waals surface area (Å²) in [5.41, 5.74) is 2.31. The number of aromatic nitrogens is 2. The minimum atomic E-state index is -0.00273. The van der Waals surface area contributed by atoms with Gasteiger partial charge in [0.25, 0.3) is 5.91 Å². The summed E-state index contributed by atoms with van der Waals surface area (Å²) < 4.78 is 7.16. The van der Waals surface area contributed by atoms with Crippen molar-refractivity contribution in [2.75, 3.05) is 26.8 Å². The van der Waals surface area contributed by atoms with Gasteiger partial charge in [0.2, 0.25) is 0 Å². The van der Waals surface area contributed by atoms with Crippen molar-refractivity contribution in [3.63, 3.8) is 0 Å². The molecule has 0 saturated carbocycles. The second-order valence-electron chi connectivity index (χ2n) is 6.14. The van der Waals surface area contributed by atoms with Crippen LogP contribution in [0.1, 0.15) is 29.4 Å². The highest BCUT2D eigenvalue weighted by molar-refractivity contribution is 6.32. The highest BCUT2D eigenvalue weighted by Crippen LogP contribution is 2.24. The Morgan fingerprint density at radius 3 is 2.92 bits per heavy atom. The molecule has 1 aromatic heterocycles. The number of para-hydroxylation sites is 1. The van der Waals surface area contributed by atoms with Gasteiger partial charge in [-0.25, -0.2) is 4.68 Å². The summed E-state index contributed by atoms with van der Waals surface area (Å²) in [6.07, 6.45) is 3.36. The minimum absolute atomic E-state index is 0.00273. The number of rotatable bonds is 5. The first-order valence-corrected chi connectivity index (χ1v) is 8.64. The molecule has 2 aromatic rings. The number of carbonyl (C=O) groups excluding carboxylic acids is 1. The molecule has 5 nitrogen and oxygen atoms in total. The van der Waals surface area contributed by atoms with Crippen LogP contribution in [0.5, 0.6) is 0 Å². The second kappa shape index (κ2) is 7.36. The molecule has 0 N–H and O–H groups in total. The lowest BCUT2D eigenvalue weighted by Gasteiger charge is -2.20. The number of halogens is 1. The Balaban J connectivity index is 1.86. The predicted octanol–water partition coefficient (Wildman–Crippen LogP) is 3.20. The van der Waals surface area contributed by atoms with Crippen LogP contribution in [0.2, 0.25) is 5.02 Å². The van der Waals surface area contributed by atoms with E-state index in [0.29, 0.717) is 29.5 Å². The van der Waals surface area contributed by atoms with Crippen LogP contribution in [0.4, 0.5) is 0 Å². The monoisotopic (exact) mass is 347 g/mol. The van der Waals surface area contributed by atoms with Gasteiger partial charge in [0.15, 0.2) is 0 Å². The zero-order valence-corrected chi connectivity index (χ0v) is 14.8. The van der Waals surface area contributed by atoms with E-state index < -0.39 is 0 Å². The zero-order valence-electron chi connectivity index (χ0n) is 14.0. The Morgan fingerprint density at radius 2 is 2.25 bits per heavy atom. The summed E-state index contributed by atoms with van der Waals surface area (Å²) in [4.78, 5) is 14.6. The van der Waals surface area contributed by atoms with Gasteiger partial charge in [-0.3, -0.25) is 4.79 Å². The standard InChI is InChI=1S/C18H22ClN3O2/c1-3-16-14(18(23)21(2)11-13-8-9-24-12-13)10-20-22(16)17-7-5-4-6-15(17)19/h4-7,10,13H,3,8-9,11-12H2,1-2H3/t13-/m0/s1. The minimum Gasteiger partial charge on any atom is -0.381 e. The van der Waals surface area contributed by atoms with E-state index in [1.807, 2.05) is 38.2 Å². The third-order valence-electron chi connectivity index (χ3n) is 4.42. The average molecular weight is 348 g/mol. The Labute approximate surface area is 147 Å². The van der Waals surface area contributed by atoms with Crippen molar-refractivity contribution in [1.82, 2.24) is 14.7 Å². The molecule has 128 valence electrons. The number of hydrogen-bond donors (Lipinski definition) is 0. The van der Waals surface area contributed by atoms with Gasteiger partial charge in [-0.15, -0.1) is 0 Å². The fraction of sp³-hybridized carbons (Fsp3) is 0.444. The van der Waals surface area contributed by atoms with Crippen molar-refractivity contribution >= 4 is 17.5 Å². The van der Waals surface area contributed by atoms with Gasteiger partial charge in [0.1, 0.15) is 0 Å². The fourth-order valence-electron chi connectivity index (χ4n) is 3.13. The van der Waals surface area contributed by atoms with Crippen LogP contribution in [0.15, 0.2) is 30.5 Å². The molecule has 1 aliphatic heterocycles. The summed E-state index contributed by atoms with van der Waals surface area (Å²) in [5.74, 6) is 0.416. The van der Waals surface area contributed by atoms with E-state index in [9.17, 15) is 4.79 Å². The van der Waals surface area contributed by atoms with Crippen molar-refractivity contribution in [2.45, 2.75) is 19.8 Å². The maximum absolute atomic E-state index is 12.8. The fourth-order valence-corrected chi connectivity index (χ4v) is 3.34. The van der Waals surface area contributed by atoms with Gasteiger partial charge in [-0.2, -0.15) is 5.10 Å². The zero-order chi connectivity index (χ0) is 17.1. The summed E-state index contributed by atoms with van der Waals surface area (Å²) >= 11 is 6.28. The second-order valence-corrected chi connectivity index (χ2v) is 6.54. The molecule has 1 amide bonds. The third kappa shape index (κ3) is 3.32. The number of carbonyl (C=O) groups is 1. The quantitative estimate of drug-likeness (QED) is 0.834. The van der Waals surface area contributed by atoms with Crippen LogP contribution in [0.3, 0.4) is 0 Å². The van der Waals surface area contributed by atoms with Crippen molar-refractivity contribution < 1.29 is 9.53 Å². The first-order chi connectivity index (χ1) is 11.6. The molecule has 1 atom stereocenters. The molecule has 0 aliphatic carbocycles. The lowest BCUT2D eigenvalue weighted by Crippen LogP contribution is -2.32. The van der Waals surface area contributed by atoms with Gasteiger partial charge in [-0.05, 0) is 25.0 Å². The SMILES string of the molecule is CCc1c(C(=O)N(C)C[C@@H]2CCOC2)cnn1-c1ccccc1Cl. The van der Waals surface area contributed by atoms with E-state index in [2.05, 4.69) is 5.10 Å². The number of hydrogen-bond acceptors (Lipinski definition) is 3. The van der Waals surface area contributed by atoms with E-state index in [1.54, 1.807) is 15.8 Å². The molecule has 0 radical (unpaired) electrons. The van der Waals surface area contributed by atoms with Crippen LogP contribution >= 0.6 is 11.6 Å². The summed E-state index contributed by atoms with van der Waals surface area (Å²) in [5, 5.41) is 5.03. The molecule has 1 fully saturated rings. The van der Waals surface area contributed by atoms with Crippen LogP contribution in [0.25, 0.3) is 5.69 Å². The molecule has 1 saturated heterocycles. The molecule has 0 unspecified atom stereocenters. The van der Waals surface area contributed by atoms with E-state index >= 15 is 0 Å². The topological polar surface area (TPSA) is 47.4 Å². The van der Waals surface area contributed by atoms with E-state index in [-0.39, 0.29) is 5.91 Å². The first kappa shape index (κ1) is 17.0. The maximum Gasteiger partial charge on any atom is 0.257 e. The highest BCUT2D eigenvalue weighted by atomic mass is 35.5. The number of nitrogens with zero attached hydrogens (tertiary/aromatic N) is 3. The summed E-state index contributed by atoms with van der Waals surface area (Å²) in [6, 6.07) is 7.52. The van der Waals surface area contributed by atoms with Crippen LogP contribution in [-0.4, -0.2) is 47.4 Å². The van der Waals surface area contributed by atoms with Crippen LogP contribution in [0, 0.1) is 5.92 Å². The van der Waals surface area contributed by atoms with Crippen LogP contribution < -0.4 is 0 Å². The molecule has 0 bridgehead atoms. The lowest BCUT2D eigenvalue weighted by atomic mass is 10.1. The van der Waals surface area contributed by atoms with E-state index in [4.69, 9.17) is 16.3 Å². The molecule has 6 heteroatoms. The molecule has 1 aromatic carbocycles. The van der Waals surface area contributed by atoms with Crippen molar-refractivity contribution in [2.24, 2.45) is 5.92 Å². The van der Waals surface area contributed by atoms with Gasteiger partial charge in [0.05, 0.1) is 34.8 Å². The summed E-state index contributed by atoms with van der Waals surface area (Å²) in [7, 11) is 1.84. The Morgan fingerprint density at radius 1 is 1.46 bits per heavy atom. The first-order valence-electron chi connectivity index (χ1n) is 8.26. The van der Waals surface area contributed by atoms with Gasteiger partial charge < -0.3 is 9.64 Å². The smallest absolute Gasteiger partial charge is 0.257 e. The van der Waals surface area contributed by atoms with Crippen molar-refractivity contribution in [3.05, 3.63) is 46.7 Å². The largest absolute Gasteiger partial charge is 0.381 e. The number of amides is 1. The number of benzene rings is 1. The third-order valence-corrected chi connectivity index (χ3v) is 4.74. The Bertz CT molecular complexity index is 723. The van der Waals surface area contributed by atoms with Crippen LogP contribution in [-0.2, 0) is 11.2 Å². The Kier molecular flexibility index (Phi) is 5.21. The van der Waals surface area contributed by atoms with E-state index in [1.165, 1.54) is 0 Å². The average Bonchev–Trinajstić information content (AvgIpc) is 3.23. The molecule has 0 spiro atoms. The molecular formula is C18H22ClN3O2. The number of ether oxygens (including phenoxy) is 1. The van der Waals surface area contributed by atoms with Gasteiger partial charge >= 0.3 is 0 Å². The maximum atomic E-state index is 12.8. The molecule has 3 rings (SSSR count). The van der Waals surface area contributed by atoms with Gasteiger partial charge in [-0.1, -0.05) is 30.7 Å². The van der Waals surface area contributed by atoms with Crippen molar-refractivity contribution in [3.8, 4) is 5.69 Å². The van der Waals surface area contributed by atoms with Gasteiger partial charge in [0, 0.05) is 26.1 Å². The molecule has 2 heterocycles. The van der Waals surface area contributed by atoms with E-state index in [0.717, 1.165) is 31.0 Å². The highest BCUT2D eigenvalue weighted by Gasteiger charge is 2.24. The normalized spacial score (nSPS) is 17.2. The summed E-state index contributed by atoms with van der Waals surface area (Å²) in [6.45, 7) is 4.25. The lowest BCUT2D eigenvalue weighted by molar-refractivity contribution is 0.0765. The molecular weight excluding hydrogens is 326 g/mol. The molecule has 24 heavy (non-hydrogen) atoms. The molecule has 1 aliphatic rings. The predicted molar refractivity (Wildman–Crippen MR) is 93.8 cm³/mol.